The van der Waals surface area contributed by atoms with Gasteiger partial charge < -0.3 is 31.3 Å². The van der Waals surface area contributed by atoms with Gasteiger partial charge in [0.2, 0.25) is 17.7 Å². The fraction of sp³-hybridized carbons (Fsp3) is 0.750. The summed E-state index contributed by atoms with van der Waals surface area (Å²) < 4.78 is 0. The molecule has 1 aromatic rings. The van der Waals surface area contributed by atoms with Gasteiger partial charge in [-0.15, -0.1) is 0 Å². The Morgan fingerprint density at radius 1 is 0.918 bits per heavy atom. The summed E-state index contributed by atoms with van der Waals surface area (Å²) in [5.41, 5.74) is -0.618. The summed E-state index contributed by atoms with van der Waals surface area (Å²) in [6, 6.07) is -3.35. The summed E-state index contributed by atoms with van der Waals surface area (Å²) in [7, 11) is 0. The standard InChI is InChI=1S/C36H55N7O6/c1-5-10-25(29(44)34(48)39-23-15-16-23)40-33(47)28-24-14-9-13-22(24)20-43(28)35(49)30(36(2,3)4)42-32(46)27(21-11-7-6-8-12-21)41-31(45)26-19-37-17-18-38-26/h17-19,21-25,27-30,44H,5-16,20H2,1-4H3,(H,39,48)(H,40,47)(H,41,45)(H,42,46)/t22?,24-,25-,27-,28-,29+,30+/m0/s1. The highest BCUT2D eigenvalue weighted by Crippen LogP contribution is 2.43. The van der Waals surface area contributed by atoms with Crippen molar-refractivity contribution in [2.45, 2.75) is 141 Å². The van der Waals surface area contributed by atoms with Gasteiger partial charge in [-0.3, -0.25) is 29.0 Å². The van der Waals surface area contributed by atoms with E-state index in [1.165, 1.54) is 18.6 Å². The highest BCUT2D eigenvalue weighted by molar-refractivity contribution is 5.98. The van der Waals surface area contributed by atoms with Gasteiger partial charge >= 0.3 is 0 Å². The van der Waals surface area contributed by atoms with Gasteiger partial charge in [0.1, 0.15) is 23.8 Å². The van der Waals surface area contributed by atoms with Crippen molar-refractivity contribution in [2.24, 2.45) is 23.2 Å². The van der Waals surface area contributed by atoms with Crippen LogP contribution in [0, 0.1) is 23.2 Å². The predicted molar refractivity (Wildman–Crippen MR) is 182 cm³/mol. The number of aliphatic hydroxyl groups is 1. The molecule has 5 rings (SSSR count). The number of carbonyl (C=O) groups is 5. The van der Waals surface area contributed by atoms with Crippen molar-refractivity contribution < 1.29 is 29.1 Å². The smallest absolute Gasteiger partial charge is 0.272 e. The fourth-order valence-corrected chi connectivity index (χ4v) is 8.00. The molecule has 0 spiro atoms. The first-order valence-corrected chi connectivity index (χ1v) is 18.4. The van der Waals surface area contributed by atoms with Gasteiger partial charge in [0.05, 0.1) is 12.2 Å². The Labute approximate surface area is 289 Å². The number of likely N-dealkylation sites (tertiary alicyclic amines) is 1. The van der Waals surface area contributed by atoms with Crippen LogP contribution in [0.15, 0.2) is 18.6 Å². The van der Waals surface area contributed by atoms with Gasteiger partial charge in [-0.1, -0.05) is 59.8 Å². The maximum absolute atomic E-state index is 14.6. The summed E-state index contributed by atoms with van der Waals surface area (Å²) in [6.07, 6.45) is 12.8. The largest absolute Gasteiger partial charge is 0.381 e. The molecule has 1 aliphatic heterocycles. The molecule has 4 fully saturated rings. The zero-order valence-corrected chi connectivity index (χ0v) is 29.5. The Balaban J connectivity index is 1.35. The second-order valence-corrected chi connectivity index (χ2v) is 15.7. The molecule has 0 radical (unpaired) electrons. The van der Waals surface area contributed by atoms with Crippen molar-refractivity contribution in [3.63, 3.8) is 0 Å². The molecule has 5 N–H and O–H groups in total. The average Bonchev–Trinajstić information content (AvgIpc) is 3.65. The molecule has 7 atom stereocenters. The van der Waals surface area contributed by atoms with Crippen molar-refractivity contribution in [1.29, 1.82) is 0 Å². The summed E-state index contributed by atoms with van der Waals surface area (Å²) in [6.45, 7) is 7.95. The Hall–Kier alpha value is -3.61. The maximum Gasteiger partial charge on any atom is 0.272 e. The predicted octanol–water partition coefficient (Wildman–Crippen LogP) is 2.24. The van der Waals surface area contributed by atoms with Crippen LogP contribution in [0.2, 0.25) is 0 Å². The molecular formula is C36H55N7O6. The van der Waals surface area contributed by atoms with E-state index < -0.39 is 53.4 Å². The molecule has 13 heteroatoms. The van der Waals surface area contributed by atoms with E-state index in [0.717, 1.165) is 64.2 Å². The number of aliphatic hydroxyl groups excluding tert-OH is 1. The van der Waals surface area contributed by atoms with Crippen LogP contribution in [0.4, 0.5) is 0 Å². The molecule has 0 bridgehead atoms. The number of hydrogen-bond acceptors (Lipinski definition) is 8. The van der Waals surface area contributed by atoms with Crippen molar-refractivity contribution >= 4 is 29.5 Å². The molecule has 1 aromatic heterocycles. The quantitative estimate of drug-likeness (QED) is 0.210. The third-order valence-corrected chi connectivity index (χ3v) is 10.8. The molecule has 0 aromatic carbocycles. The minimum Gasteiger partial charge on any atom is -0.381 e. The molecule has 5 amide bonds. The minimum absolute atomic E-state index is 0.0544. The molecule has 49 heavy (non-hydrogen) atoms. The van der Waals surface area contributed by atoms with Crippen molar-refractivity contribution in [3.05, 3.63) is 24.3 Å². The molecule has 4 aliphatic rings. The van der Waals surface area contributed by atoms with Gasteiger partial charge in [-0.2, -0.15) is 0 Å². The Kier molecular flexibility index (Phi) is 11.9. The van der Waals surface area contributed by atoms with E-state index >= 15 is 0 Å². The van der Waals surface area contributed by atoms with Crippen LogP contribution in [0.5, 0.6) is 0 Å². The Morgan fingerprint density at radius 2 is 1.65 bits per heavy atom. The second kappa shape index (κ2) is 15.9. The third-order valence-electron chi connectivity index (χ3n) is 10.8. The summed E-state index contributed by atoms with van der Waals surface area (Å²) in [5, 5.41) is 22.6. The highest BCUT2D eigenvalue weighted by Gasteiger charge is 2.52. The van der Waals surface area contributed by atoms with Crippen LogP contribution >= 0.6 is 0 Å². The number of nitrogens with one attached hydrogen (secondary N) is 4. The minimum atomic E-state index is -1.40. The third kappa shape index (κ3) is 8.95. The monoisotopic (exact) mass is 681 g/mol. The maximum atomic E-state index is 14.6. The SMILES string of the molecule is CCC[C@H](NC(=O)[C@@H]1[C@H]2CCCC2CN1C(=O)[C@@H](NC(=O)[C@@H](NC(=O)c1cnccn1)C1CCCCC1)C(C)(C)C)[C@@H](O)C(=O)NC1CC1. The van der Waals surface area contributed by atoms with E-state index in [-0.39, 0.29) is 41.3 Å². The lowest BCUT2D eigenvalue weighted by Crippen LogP contribution is -2.62. The molecule has 1 saturated heterocycles. The first kappa shape index (κ1) is 36.7. The number of aromatic nitrogens is 2. The lowest BCUT2D eigenvalue weighted by Gasteiger charge is -2.38. The Morgan fingerprint density at radius 3 is 2.29 bits per heavy atom. The van der Waals surface area contributed by atoms with Crippen LogP contribution in [-0.2, 0) is 19.2 Å². The molecular weight excluding hydrogens is 626 g/mol. The lowest BCUT2D eigenvalue weighted by atomic mass is 9.82. The fourth-order valence-electron chi connectivity index (χ4n) is 8.00. The molecule has 13 nitrogen and oxygen atoms in total. The lowest BCUT2D eigenvalue weighted by molar-refractivity contribution is -0.146. The van der Waals surface area contributed by atoms with Crippen molar-refractivity contribution in [3.8, 4) is 0 Å². The molecule has 3 saturated carbocycles. The van der Waals surface area contributed by atoms with E-state index in [4.69, 9.17) is 0 Å². The first-order valence-electron chi connectivity index (χ1n) is 18.4. The zero-order valence-electron chi connectivity index (χ0n) is 29.5. The van der Waals surface area contributed by atoms with E-state index in [0.29, 0.717) is 19.4 Å². The number of carbonyl (C=O) groups excluding carboxylic acids is 5. The van der Waals surface area contributed by atoms with Gasteiger partial charge in [-0.25, -0.2) is 4.98 Å². The molecule has 1 unspecified atom stereocenters. The molecule has 270 valence electrons. The molecule has 2 heterocycles. The van der Waals surface area contributed by atoms with Crippen LogP contribution in [0.3, 0.4) is 0 Å². The number of nitrogens with zero attached hydrogens (tertiary/aromatic N) is 3. The normalized spacial score (nSPS) is 25.0. The number of fused-ring (bicyclic) bond motifs is 1. The Bertz CT molecular complexity index is 1340. The zero-order chi connectivity index (χ0) is 35.3. The van der Waals surface area contributed by atoms with Crippen LogP contribution in [-0.4, -0.2) is 92.4 Å². The number of amides is 5. The van der Waals surface area contributed by atoms with E-state index in [1.807, 2.05) is 27.7 Å². The summed E-state index contributed by atoms with van der Waals surface area (Å²) in [5.74, 6) is -2.18. The van der Waals surface area contributed by atoms with Crippen LogP contribution in [0.1, 0.15) is 115 Å². The topological polar surface area (TPSA) is 183 Å². The highest BCUT2D eigenvalue weighted by atomic mass is 16.3. The van der Waals surface area contributed by atoms with E-state index in [9.17, 15) is 29.1 Å². The first-order chi connectivity index (χ1) is 23.4. The second-order valence-electron chi connectivity index (χ2n) is 15.7. The van der Waals surface area contributed by atoms with Crippen LogP contribution < -0.4 is 21.3 Å². The van der Waals surface area contributed by atoms with Crippen molar-refractivity contribution in [2.75, 3.05) is 6.54 Å². The van der Waals surface area contributed by atoms with E-state index in [1.54, 1.807) is 4.90 Å². The van der Waals surface area contributed by atoms with Gasteiger partial charge in [0.25, 0.3) is 11.8 Å². The van der Waals surface area contributed by atoms with Crippen LogP contribution in [0.25, 0.3) is 0 Å². The summed E-state index contributed by atoms with van der Waals surface area (Å²) in [4.78, 5) is 78.5. The van der Waals surface area contributed by atoms with E-state index in [2.05, 4.69) is 31.2 Å². The number of rotatable bonds is 13. The van der Waals surface area contributed by atoms with Gasteiger partial charge in [0.15, 0.2) is 6.10 Å². The number of hydrogen-bond donors (Lipinski definition) is 5. The van der Waals surface area contributed by atoms with Gasteiger partial charge in [-0.05, 0) is 68.1 Å². The van der Waals surface area contributed by atoms with Gasteiger partial charge in [0, 0.05) is 25.0 Å². The van der Waals surface area contributed by atoms with Crippen molar-refractivity contribution in [1.82, 2.24) is 36.1 Å². The molecule has 3 aliphatic carbocycles. The summed E-state index contributed by atoms with van der Waals surface area (Å²) >= 11 is 0. The average molecular weight is 682 g/mol.